The molecule has 1 fully saturated rings. The van der Waals surface area contributed by atoms with E-state index in [1.807, 2.05) is 0 Å². The van der Waals surface area contributed by atoms with Crippen molar-refractivity contribution in [3.05, 3.63) is 0 Å². The number of hydrogen-bond donors (Lipinski definition) is 1. The fraction of sp³-hybridized carbons (Fsp3) is 1.00. The molecule has 13 heavy (non-hydrogen) atoms. The lowest BCUT2D eigenvalue weighted by Gasteiger charge is -2.11. The van der Waals surface area contributed by atoms with E-state index in [4.69, 9.17) is 5.73 Å². The van der Waals surface area contributed by atoms with Gasteiger partial charge in [-0.3, -0.25) is 0 Å². The number of sulfone groups is 1. The molecule has 1 aliphatic rings. The zero-order chi connectivity index (χ0) is 9.90. The maximum absolute atomic E-state index is 11.2. The summed E-state index contributed by atoms with van der Waals surface area (Å²) in [6, 6.07) is -0.146. The van der Waals surface area contributed by atoms with Crippen molar-refractivity contribution in [3.63, 3.8) is 0 Å². The highest BCUT2D eigenvalue weighted by Crippen LogP contribution is 2.24. The predicted octanol–water partition coefficient (Wildman–Crippen LogP) is 0.644. The fourth-order valence-electron chi connectivity index (χ4n) is 1.39. The molecule has 0 radical (unpaired) electrons. The second-order valence-corrected chi connectivity index (χ2v) is 7.00. The van der Waals surface area contributed by atoms with Crippen LogP contribution in [-0.2, 0) is 9.84 Å². The summed E-state index contributed by atoms with van der Waals surface area (Å²) in [4.78, 5) is 0. The Bertz CT molecular complexity index is 251. The summed E-state index contributed by atoms with van der Waals surface area (Å²) >= 11 is 1.71. The molecule has 0 bridgehead atoms. The van der Waals surface area contributed by atoms with Gasteiger partial charge in [0.05, 0.1) is 11.5 Å². The van der Waals surface area contributed by atoms with E-state index in [1.54, 1.807) is 11.8 Å². The molecule has 1 heterocycles. The standard InChI is InChI=1S/C8H17NO2S2/c1-2-3-4-12-8-6-13(10,11)5-7(8)9/h7-8H,2-6,9H2,1H3. The van der Waals surface area contributed by atoms with Crippen molar-refractivity contribution in [2.75, 3.05) is 17.3 Å². The van der Waals surface area contributed by atoms with Crippen molar-refractivity contribution in [2.24, 2.45) is 5.73 Å². The summed E-state index contributed by atoms with van der Waals surface area (Å²) in [7, 11) is -2.83. The van der Waals surface area contributed by atoms with Gasteiger partial charge in [-0.1, -0.05) is 13.3 Å². The summed E-state index contributed by atoms with van der Waals surface area (Å²) in [6.07, 6.45) is 2.30. The minimum absolute atomic E-state index is 0.136. The first-order valence-electron chi connectivity index (χ1n) is 4.63. The molecule has 3 nitrogen and oxygen atoms in total. The largest absolute Gasteiger partial charge is 0.326 e. The lowest BCUT2D eigenvalue weighted by atomic mass is 10.3. The van der Waals surface area contributed by atoms with Gasteiger partial charge in [0, 0.05) is 11.3 Å². The highest BCUT2D eigenvalue weighted by molar-refractivity contribution is 8.01. The smallest absolute Gasteiger partial charge is 0.153 e. The molecule has 78 valence electrons. The maximum atomic E-state index is 11.2. The highest BCUT2D eigenvalue weighted by Gasteiger charge is 2.35. The van der Waals surface area contributed by atoms with Crippen LogP contribution in [0.25, 0.3) is 0 Å². The van der Waals surface area contributed by atoms with Crippen molar-refractivity contribution in [3.8, 4) is 0 Å². The summed E-state index contributed by atoms with van der Waals surface area (Å²) in [5.74, 6) is 1.49. The van der Waals surface area contributed by atoms with Crippen LogP contribution in [0.15, 0.2) is 0 Å². The summed E-state index contributed by atoms with van der Waals surface area (Å²) in [5.41, 5.74) is 5.74. The second-order valence-electron chi connectivity index (χ2n) is 3.50. The number of rotatable bonds is 4. The molecule has 2 unspecified atom stereocenters. The van der Waals surface area contributed by atoms with Gasteiger partial charge < -0.3 is 5.73 Å². The Kier molecular flexibility index (Phi) is 4.06. The van der Waals surface area contributed by atoms with Crippen molar-refractivity contribution in [1.82, 2.24) is 0 Å². The molecule has 0 aromatic rings. The van der Waals surface area contributed by atoms with Crippen LogP contribution in [0.2, 0.25) is 0 Å². The average Bonchev–Trinajstić information content (AvgIpc) is 2.25. The molecular weight excluding hydrogens is 206 g/mol. The lowest BCUT2D eigenvalue weighted by molar-refractivity contribution is 0.601. The Hall–Kier alpha value is 0.260. The van der Waals surface area contributed by atoms with Gasteiger partial charge in [-0.05, 0) is 12.2 Å². The average molecular weight is 223 g/mol. The van der Waals surface area contributed by atoms with Gasteiger partial charge >= 0.3 is 0 Å². The molecule has 1 rings (SSSR count). The molecule has 0 aromatic heterocycles. The monoisotopic (exact) mass is 223 g/mol. The van der Waals surface area contributed by atoms with Crippen molar-refractivity contribution in [1.29, 1.82) is 0 Å². The molecule has 0 aromatic carbocycles. The molecule has 0 aliphatic carbocycles. The van der Waals surface area contributed by atoms with Crippen molar-refractivity contribution < 1.29 is 8.42 Å². The minimum atomic E-state index is -2.83. The van der Waals surface area contributed by atoms with E-state index < -0.39 is 9.84 Å². The molecule has 0 saturated carbocycles. The van der Waals surface area contributed by atoms with Gasteiger partial charge in [-0.25, -0.2) is 8.42 Å². The van der Waals surface area contributed by atoms with Crippen LogP contribution in [0.4, 0.5) is 0 Å². The number of thioether (sulfide) groups is 1. The van der Waals surface area contributed by atoms with Crippen LogP contribution < -0.4 is 5.73 Å². The number of hydrogen-bond acceptors (Lipinski definition) is 4. The quantitative estimate of drug-likeness (QED) is 0.711. The third kappa shape index (κ3) is 3.48. The first-order valence-corrected chi connectivity index (χ1v) is 7.50. The summed E-state index contributed by atoms with van der Waals surface area (Å²) < 4.78 is 22.4. The Morgan fingerprint density at radius 3 is 2.62 bits per heavy atom. The van der Waals surface area contributed by atoms with E-state index in [1.165, 1.54) is 0 Å². The first kappa shape index (κ1) is 11.3. The van der Waals surface area contributed by atoms with E-state index in [0.717, 1.165) is 18.6 Å². The van der Waals surface area contributed by atoms with Crippen LogP contribution in [0.3, 0.4) is 0 Å². The molecule has 5 heteroatoms. The van der Waals surface area contributed by atoms with Gasteiger partial charge in [0.15, 0.2) is 9.84 Å². The second kappa shape index (κ2) is 4.66. The van der Waals surface area contributed by atoms with Gasteiger partial charge in [-0.15, -0.1) is 0 Å². The topological polar surface area (TPSA) is 60.2 Å². The van der Waals surface area contributed by atoms with E-state index >= 15 is 0 Å². The Morgan fingerprint density at radius 2 is 2.15 bits per heavy atom. The molecule has 1 aliphatic heterocycles. The van der Waals surface area contributed by atoms with E-state index in [9.17, 15) is 8.42 Å². The van der Waals surface area contributed by atoms with Gasteiger partial charge in [0.25, 0.3) is 0 Å². The lowest BCUT2D eigenvalue weighted by Crippen LogP contribution is -2.30. The molecule has 0 amide bonds. The van der Waals surface area contributed by atoms with Crippen LogP contribution in [0.5, 0.6) is 0 Å². The third-order valence-corrected chi connectivity index (χ3v) is 5.61. The van der Waals surface area contributed by atoms with Crippen molar-refractivity contribution >= 4 is 21.6 Å². The first-order chi connectivity index (χ1) is 6.05. The van der Waals surface area contributed by atoms with E-state index in [2.05, 4.69) is 6.92 Å². The SMILES string of the molecule is CCCCSC1CS(=O)(=O)CC1N. The number of unbranched alkanes of at least 4 members (excludes halogenated alkanes) is 1. The number of nitrogens with two attached hydrogens (primary N) is 1. The van der Waals surface area contributed by atoms with Crippen LogP contribution in [0, 0.1) is 0 Å². The molecule has 2 N–H and O–H groups in total. The van der Waals surface area contributed by atoms with E-state index in [0.29, 0.717) is 0 Å². The van der Waals surface area contributed by atoms with Crippen molar-refractivity contribution in [2.45, 2.75) is 31.1 Å². The Labute approximate surface area is 84.4 Å². The zero-order valence-electron chi connectivity index (χ0n) is 7.90. The van der Waals surface area contributed by atoms with E-state index in [-0.39, 0.29) is 22.8 Å². The molecule has 2 atom stereocenters. The maximum Gasteiger partial charge on any atom is 0.153 e. The normalized spacial score (nSPS) is 32.2. The third-order valence-electron chi connectivity index (χ3n) is 2.17. The molecule has 1 saturated heterocycles. The fourth-order valence-corrected chi connectivity index (χ4v) is 5.33. The molecule has 0 spiro atoms. The summed E-state index contributed by atoms with van der Waals surface area (Å²) in [5, 5.41) is 0.136. The molecular formula is C8H17NO2S2. The van der Waals surface area contributed by atoms with Crippen LogP contribution in [0.1, 0.15) is 19.8 Å². The van der Waals surface area contributed by atoms with Gasteiger partial charge in [-0.2, -0.15) is 11.8 Å². The zero-order valence-corrected chi connectivity index (χ0v) is 9.53. The van der Waals surface area contributed by atoms with Gasteiger partial charge in [0.1, 0.15) is 0 Å². The predicted molar refractivity (Wildman–Crippen MR) is 57.8 cm³/mol. The Balaban J connectivity index is 2.36. The highest BCUT2D eigenvalue weighted by atomic mass is 32.2. The van der Waals surface area contributed by atoms with Crippen LogP contribution >= 0.6 is 11.8 Å². The summed E-state index contributed by atoms with van der Waals surface area (Å²) in [6.45, 7) is 2.13. The van der Waals surface area contributed by atoms with Crippen LogP contribution in [-0.4, -0.2) is 37.0 Å². The van der Waals surface area contributed by atoms with Gasteiger partial charge in [0.2, 0.25) is 0 Å². The Morgan fingerprint density at radius 1 is 1.46 bits per heavy atom. The minimum Gasteiger partial charge on any atom is -0.326 e.